The molecule has 0 aromatic heterocycles. The summed E-state index contributed by atoms with van der Waals surface area (Å²) in [7, 11) is 0. The molecule has 5 nitrogen and oxygen atoms in total. The summed E-state index contributed by atoms with van der Waals surface area (Å²) >= 11 is 0. The average molecular weight is 269 g/mol. The van der Waals surface area contributed by atoms with E-state index in [-0.39, 0.29) is 23.9 Å². The van der Waals surface area contributed by atoms with Crippen LogP contribution in [0.25, 0.3) is 0 Å². The van der Waals surface area contributed by atoms with Gasteiger partial charge in [-0.25, -0.2) is 0 Å². The van der Waals surface area contributed by atoms with Gasteiger partial charge in [0.15, 0.2) is 0 Å². The van der Waals surface area contributed by atoms with Crippen molar-refractivity contribution in [2.24, 2.45) is 0 Å². The molecule has 0 radical (unpaired) electrons. The second kappa shape index (κ2) is 7.60. The topological polar surface area (TPSA) is 52.7 Å². The average Bonchev–Trinajstić information content (AvgIpc) is 2.64. The Kier molecular flexibility index (Phi) is 6.45. The smallest absolute Gasteiger partial charge is 0.246 e. The number of nitrogens with one attached hydrogen (secondary N) is 1. The minimum Gasteiger partial charge on any atom is -0.302 e. The first-order valence-electron chi connectivity index (χ1n) is 7.36. The Labute approximate surface area is 116 Å². The molecule has 1 aliphatic rings. The predicted molar refractivity (Wildman–Crippen MR) is 75.8 cm³/mol. The van der Waals surface area contributed by atoms with E-state index in [2.05, 4.69) is 31.0 Å². The second-order valence-electron chi connectivity index (χ2n) is 5.19. The zero-order chi connectivity index (χ0) is 14.4. The quantitative estimate of drug-likeness (QED) is 0.664. The first-order chi connectivity index (χ1) is 9.03. The Bertz CT molecular complexity index is 316. The fourth-order valence-corrected chi connectivity index (χ4v) is 2.54. The SMILES string of the molecule is CCCN1C(=O)CC(NC(C)CN(CC)CC)C1=O. The molecule has 1 fully saturated rings. The lowest BCUT2D eigenvalue weighted by Crippen LogP contribution is -2.47. The Morgan fingerprint density at radius 2 is 1.95 bits per heavy atom. The van der Waals surface area contributed by atoms with Crippen LogP contribution in [0.15, 0.2) is 0 Å². The van der Waals surface area contributed by atoms with Gasteiger partial charge in [0.05, 0.1) is 12.5 Å². The van der Waals surface area contributed by atoms with E-state index in [1.54, 1.807) is 0 Å². The summed E-state index contributed by atoms with van der Waals surface area (Å²) in [6.45, 7) is 11.7. The summed E-state index contributed by atoms with van der Waals surface area (Å²) in [5, 5.41) is 3.29. The summed E-state index contributed by atoms with van der Waals surface area (Å²) in [4.78, 5) is 27.5. The van der Waals surface area contributed by atoms with Gasteiger partial charge >= 0.3 is 0 Å². The van der Waals surface area contributed by atoms with Crippen LogP contribution in [0.1, 0.15) is 40.5 Å². The van der Waals surface area contributed by atoms with Crippen molar-refractivity contribution in [2.45, 2.75) is 52.6 Å². The van der Waals surface area contributed by atoms with E-state index in [0.29, 0.717) is 13.0 Å². The molecule has 0 aromatic rings. The van der Waals surface area contributed by atoms with Gasteiger partial charge in [-0.15, -0.1) is 0 Å². The molecule has 1 heterocycles. The van der Waals surface area contributed by atoms with E-state index in [0.717, 1.165) is 26.1 Å². The molecule has 1 N–H and O–H groups in total. The van der Waals surface area contributed by atoms with E-state index >= 15 is 0 Å². The van der Waals surface area contributed by atoms with E-state index in [9.17, 15) is 9.59 Å². The van der Waals surface area contributed by atoms with Crippen molar-refractivity contribution < 1.29 is 9.59 Å². The van der Waals surface area contributed by atoms with Crippen molar-refractivity contribution >= 4 is 11.8 Å². The van der Waals surface area contributed by atoms with E-state index in [1.807, 2.05) is 6.92 Å². The normalized spacial score (nSPS) is 21.5. The maximum atomic E-state index is 12.1. The van der Waals surface area contributed by atoms with Gasteiger partial charge in [0.2, 0.25) is 11.8 Å². The molecule has 0 bridgehead atoms. The number of hydrogen-bond acceptors (Lipinski definition) is 4. The maximum absolute atomic E-state index is 12.1. The summed E-state index contributed by atoms with van der Waals surface area (Å²) < 4.78 is 0. The highest BCUT2D eigenvalue weighted by Gasteiger charge is 2.38. The Hall–Kier alpha value is -0.940. The van der Waals surface area contributed by atoms with Crippen molar-refractivity contribution in [2.75, 3.05) is 26.2 Å². The summed E-state index contributed by atoms with van der Waals surface area (Å²) in [5.74, 6) is -0.0994. The monoisotopic (exact) mass is 269 g/mol. The van der Waals surface area contributed by atoms with Crippen LogP contribution in [-0.2, 0) is 9.59 Å². The Morgan fingerprint density at radius 1 is 1.32 bits per heavy atom. The number of amides is 2. The molecule has 2 amide bonds. The van der Waals surface area contributed by atoms with Gasteiger partial charge in [-0.05, 0) is 26.4 Å². The molecular weight excluding hydrogens is 242 g/mol. The first-order valence-corrected chi connectivity index (χ1v) is 7.36. The van der Waals surface area contributed by atoms with Crippen LogP contribution in [0.4, 0.5) is 0 Å². The Balaban J connectivity index is 2.49. The van der Waals surface area contributed by atoms with Gasteiger partial charge in [-0.2, -0.15) is 0 Å². The summed E-state index contributed by atoms with van der Waals surface area (Å²) in [5.41, 5.74) is 0. The largest absolute Gasteiger partial charge is 0.302 e. The van der Waals surface area contributed by atoms with Crippen LogP contribution in [-0.4, -0.2) is 59.9 Å². The van der Waals surface area contributed by atoms with Crippen LogP contribution in [0, 0.1) is 0 Å². The van der Waals surface area contributed by atoms with Crippen LogP contribution in [0.3, 0.4) is 0 Å². The van der Waals surface area contributed by atoms with Gasteiger partial charge in [-0.1, -0.05) is 20.8 Å². The van der Waals surface area contributed by atoms with Crippen LogP contribution in [0.2, 0.25) is 0 Å². The molecule has 1 aliphatic heterocycles. The van der Waals surface area contributed by atoms with Gasteiger partial charge in [-0.3, -0.25) is 14.5 Å². The Morgan fingerprint density at radius 3 is 2.47 bits per heavy atom. The van der Waals surface area contributed by atoms with Crippen molar-refractivity contribution in [3.63, 3.8) is 0 Å². The molecule has 110 valence electrons. The zero-order valence-corrected chi connectivity index (χ0v) is 12.6. The fraction of sp³-hybridized carbons (Fsp3) is 0.857. The summed E-state index contributed by atoms with van der Waals surface area (Å²) in [6.07, 6.45) is 1.13. The lowest BCUT2D eigenvalue weighted by atomic mass is 10.2. The molecule has 2 unspecified atom stereocenters. The molecule has 1 rings (SSSR count). The van der Waals surface area contributed by atoms with Crippen LogP contribution < -0.4 is 5.32 Å². The molecule has 0 spiro atoms. The highest BCUT2D eigenvalue weighted by molar-refractivity contribution is 6.05. The molecule has 2 atom stereocenters. The molecular formula is C14H27N3O2. The number of imide groups is 1. The van der Waals surface area contributed by atoms with Gasteiger partial charge in [0, 0.05) is 19.1 Å². The summed E-state index contributed by atoms with van der Waals surface area (Å²) in [6, 6.07) is -0.118. The number of likely N-dealkylation sites (N-methyl/N-ethyl adjacent to an activating group) is 1. The van der Waals surface area contributed by atoms with E-state index in [4.69, 9.17) is 0 Å². The second-order valence-corrected chi connectivity index (χ2v) is 5.19. The molecule has 1 saturated heterocycles. The van der Waals surface area contributed by atoms with Crippen molar-refractivity contribution in [3.05, 3.63) is 0 Å². The fourth-order valence-electron chi connectivity index (χ4n) is 2.54. The maximum Gasteiger partial charge on any atom is 0.246 e. The van der Waals surface area contributed by atoms with Crippen LogP contribution in [0.5, 0.6) is 0 Å². The third kappa shape index (κ3) is 4.28. The zero-order valence-electron chi connectivity index (χ0n) is 12.6. The number of rotatable bonds is 8. The highest BCUT2D eigenvalue weighted by atomic mass is 16.2. The third-order valence-corrected chi connectivity index (χ3v) is 3.60. The standard InChI is InChI=1S/C14H27N3O2/c1-5-8-17-13(18)9-12(14(17)19)15-11(4)10-16(6-2)7-3/h11-12,15H,5-10H2,1-4H3. The minimum atomic E-state index is -0.329. The highest BCUT2D eigenvalue weighted by Crippen LogP contribution is 2.14. The van der Waals surface area contributed by atoms with Crippen molar-refractivity contribution in [1.29, 1.82) is 0 Å². The lowest BCUT2D eigenvalue weighted by Gasteiger charge is -2.25. The van der Waals surface area contributed by atoms with Crippen molar-refractivity contribution in [3.8, 4) is 0 Å². The molecule has 0 aromatic carbocycles. The van der Waals surface area contributed by atoms with Crippen molar-refractivity contribution in [1.82, 2.24) is 15.1 Å². The van der Waals surface area contributed by atoms with E-state index in [1.165, 1.54) is 4.90 Å². The molecule has 0 aliphatic carbocycles. The number of nitrogens with zero attached hydrogens (tertiary/aromatic N) is 2. The molecule has 19 heavy (non-hydrogen) atoms. The first kappa shape index (κ1) is 16.1. The molecule has 5 heteroatoms. The third-order valence-electron chi connectivity index (χ3n) is 3.60. The number of carbonyl (C=O) groups is 2. The van der Waals surface area contributed by atoms with Crippen LogP contribution >= 0.6 is 0 Å². The minimum absolute atomic E-state index is 0.0422. The van der Waals surface area contributed by atoms with E-state index < -0.39 is 0 Å². The number of carbonyl (C=O) groups excluding carboxylic acids is 2. The van der Waals surface area contributed by atoms with Gasteiger partial charge in [0.1, 0.15) is 0 Å². The number of likely N-dealkylation sites (tertiary alicyclic amines) is 1. The predicted octanol–water partition coefficient (Wildman–Crippen LogP) is 0.844. The van der Waals surface area contributed by atoms with Gasteiger partial charge < -0.3 is 10.2 Å². The number of hydrogen-bond donors (Lipinski definition) is 1. The lowest BCUT2D eigenvalue weighted by molar-refractivity contribution is -0.138. The molecule has 0 saturated carbocycles. The van der Waals surface area contributed by atoms with Gasteiger partial charge in [0.25, 0.3) is 0 Å².